The molecule has 0 radical (unpaired) electrons. The number of rotatable bonds is 1. The minimum atomic E-state index is -6.51. The molecule has 3 nitrogen and oxygen atoms in total. The number of carbonyl (C=O) groups is 1. The molecule has 0 spiro atoms. The number of hydrogen-bond donors (Lipinski definition) is 1. The van der Waals surface area contributed by atoms with Gasteiger partial charge in [0.1, 0.15) is 0 Å². The molecule has 0 unspecified atom stereocenters. The molecular weight excluding hydrogens is 470 g/mol. The van der Waals surface area contributed by atoms with Crippen LogP contribution in [-0.4, -0.2) is 35.1 Å². The number of benzene rings is 1. The molecule has 15 heteroatoms. The Morgan fingerprint density at radius 2 is 1.52 bits per heavy atom. The maximum absolute atomic E-state index is 13.6. The lowest BCUT2D eigenvalue weighted by molar-refractivity contribution is -0.280. The van der Waals surface area contributed by atoms with Gasteiger partial charge in [0.2, 0.25) is 5.83 Å². The Bertz CT molecular complexity index is 874. The first-order valence-electron chi connectivity index (χ1n) is 6.97. The van der Waals surface area contributed by atoms with Gasteiger partial charge in [0.05, 0.1) is 15.5 Å². The fourth-order valence-electron chi connectivity index (χ4n) is 2.14. The van der Waals surface area contributed by atoms with Crippen LogP contribution in [0.1, 0.15) is 10.4 Å². The van der Waals surface area contributed by atoms with E-state index in [9.17, 15) is 48.7 Å². The molecule has 160 valence electrons. The highest BCUT2D eigenvalue weighted by molar-refractivity contribution is 8.17. The summed E-state index contributed by atoms with van der Waals surface area (Å²) in [6.45, 7) is 0. The Morgan fingerprint density at radius 3 is 1.97 bits per heavy atom. The van der Waals surface area contributed by atoms with E-state index in [0.717, 1.165) is 12.1 Å². The highest BCUT2D eigenvalue weighted by atomic mass is 35.5. The molecule has 0 aliphatic carbocycles. The van der Waals surface area contributed by atoms with Gasteiger partial charge >= 0.3 is 18.5 Å². The molecule has 0 atom stereocenters. The number of aliphatic imine (C=N–C) groups is 1. The summed E-state index contributed by atoms with van der Waals surface area (Å²) in [6, 6.07) is 4.78. The standard InChI is InChI=1S/C14H5ClF10N2OS/c15-6-4-2-1-3-5(6)9(28)26-10-27-11(13(20,21)22,14(23,24)25)8(29-10)7(16)12(17,18)19/h1-4H,(H,26,27,28)/b8-7+. The zero-order valence-corrected chi connectivity index (χ0v) is 14.8. The van der Waals surface area contributed by atoms with Crippen molar-refractivity contribution in [2.45, 2.75) is 24.1 Å². The van der Waals surface area contributed by atoms with Crippen LogP contribution in [0.25, 0.3) is 0 Å². The minimum absolute atomic E-state index is 0.260. The fraction of sp³-hybridized carbons (Fsp3) is 0.286. The number of amidine groups is 1. The SMILES string of the molecule is O=C(NC1=NC(C(F)(F)F)(C(F)(F)F)/C(=C(\F)C(F)(F)F)S1)c1ccccc1Cl. The number of thioether (sulfide) groups is 1. The van der Waals surface area contributed by atoms with E-state index >= 15 is 0 Å². The molecule has 0 fully saturated rings. The predicted octanol–water partition coefficient (Wildman–Crippen LogP) is 5.78. The summed E-state index contributed by atoms with van der Waals surface area (Å²) in [6.07, 6.45) is -19.2. The lowest BCUT2D eigenvalue weighted by atomic mass is 9.97. The smallest absolute Gasteiger partial charge is 0.301 e. The summed E-state index contributed by atoms with van der Waals surface area (Å²) in [5.41, 5.74) is -5.97. The number of amides is 1. The molecule has 0 aromatic heterocycles. The van der Waals surface area contributed by atoms with Crippen LogP contribution in [0.2, 0.25) is 5.02 Å². The molecule has 1 aromatic rings. The number of allylic oxidation sites excluding steroid dienone is 1. The summed E-state index contributed by atoms with van der Waals surface area (Å²) >= 11 is 4.71. The molecule has 1 N–H and O–H groups in total. The van der Waals surface area contributed by atoms with Crippen molar-refractivity contribution >= 4 is 34.4 Å². The number of nitrogens with one attached hydrogen (secondary N) is 1. The third kappa shape index (κ3) is 4.17. The molecule has 0 saturated heterocycles. The van der Waals surface area contributed by atoms with Gasteiger partial charge in [-0.05, 0) is 12.1 Å². The Morgan fingerprint density at radius 1 is 1.00 bits per heavy atom. The molecular formula is C14H5ClF10N2OS. The molecule has 1 aliphatic rings. The topological polar surface area (TPSA) is 41.5 Å². The van der Waals surface area contributed by atoms with E-state index in [1.165, 1.54) is 17.4 Å². The summed E-state index contributed by atoms with van der Waals surface area (Å²) in [5.74, 6) is -5.00. The number of hydrogen-bond acceptors (Lipinski definition) is 3. The van der Waals surface area contributed by atoms with E-state index < -0.39 is 63.2 Å². The fourth-order valence-corrected chi connectivity index (χ4v) is 3.51. The highest BCUT2D eigenvalue weighted by Crippen LogP contribution is 2.59. The van der Waals surface area contributed by atoms with Gasteiger partial charge < -0.3 is 5.32 Å². The molecule has 29 heavy (non-hydrogen) atoms. The van der Waals surface area contributed by atoms with Crippen molar-refractivity contribution in [2.75, 3.05) is 0 Å². The van der Waals surface area contributed by atoms with Crippen molar-refractivity contribution in [2.24, 2.45) is 4.99 Å². The monoisotopic (exact) mass is 474 g/mol. The van der Waals surface area contributed by atoms with Crippen molar-refractivity contribution in [1.82, 2.24) is 5.32 Å². The van der Waals surface area contributed by atoms with Gasteiger partial charge in [0.15, 0.2) is 5.17 Å². The number of nitrogens with zero attached hydrogens (tertiary/aromatic N) is 1. The van der Waals surface area contributed by atoms with E-state index in [-0.39, 0.29) is 5.02 Å². The largest absolute Gasteiger partial charge is 0.443 e. The van der Waals surface area contributed by atoms with E-state index in [2.05, 4.69) is 4.99 Å². The first-order chi connectivity index (χ1) is 13.0. The minimum Gasteiger partial charge on any atom is -0.301 e. The molecule has 1 amide bonds. The Balaban J connectivity index is 2.63. The number of halogens is 11. The van der Waals surface area contributed by atoms with Gasteiger partial charge in [0.25, 0.3) is 11.4 Å². The second kappa shape index (κ2) is 7.38. The van der Waals surface area contributed by atoms with Gasteiger partial charge in [-0.2, -0.15) is 39.5 Å². The Kier molecular flexibility index (Phi) is 5.93. The molecule has 1 aliphatic heterocycles. The van der Waals surface area contributed by atoms with E-state index in [0.29, 0.717) is 0 Å². The number of alkyl halides is 9. The second-order valence-electron chi connectivity index (χ2n) is 5.30. The zero-order chi connectivity index (χ0) is 22.4. The maximum Gasteiger partial charge on any atom is 0.443 e. The van der Waals surface area contributed by atoms with Gasteiger partial charge in [-0.25, -0.2) is 9.38 Å². The Hall–Kier alpha value is -1.96. The zero-order valence-electron chi connectivity index (χ0n) is 13.2. The lowest BCUT2D eigenvalue weighted by Gasteiger charge is -2.31. The summed E-state index contributed by atoms with van der Waals surface area (Å²) in [4.78, 5) is 11.4. The molecule has 0 saturated carbocycles. The third-order valence-electron chi connectivity index (χ3n) is 3.40. The van der Waals surface area contributed by atoms with Crippen molar-refractivity contribution in [3.8, 4) is 0 Å². The van der Waals surface area contributed by atoms with Crippen LogP contribution in [-0.2, 0) is 0 Å². The molecule has 1 aromatic carbocycles. The van der Waals surface area contributed by atoms with Crippen molar-refractivity contribution in [3.05, 3.63) is 45.6 Å². The Labute approximate surface area is 163 Å². The first kappa shape index (κ1) is 23.3. The van der Waals surface area contributed by atoms with Gasteiger partial charge in [-0.3, -0.25) is 4.79 Å². The molecule has 1 heterocycles. The highest BCUT2D eigenvalue weighted by Gasteiger charge is 2.77. The van der Waals surface area contributed by atoms with Crippen LogP contribution < -0.4 is 5.32 Å². The lowest BCUT2D eigenvalue weighted by Crippen LogP contribution is -2.55. The molecule has 2 rings (SSSR count). The van der Waals surface area contributed by atoms with Crippen LogP contribution in [0.5, 0.6) is 0 Å². The van der Waals surface area contributed by atoms with E-state index in [1.54, 1.807) is 0 Å². The van der Waals surface area contributed by atoms with Crippen LogP contribution in [0.3, 0.4) is 0 Å². The van der Waals surface area contributed by atoms with Crippen LogP contribution in [0.4, 0.5) is 43.9 Å². The maximum atomic E-state index is 13.6. The normalized spacial score (nSPS) is 19.1. The average molecular weight is 475 g/mol. The first-order valence-corrected chi connectivity index (χ1v) is 8.16. The second-order valence-corrected chi connectivity index (χ2v) is 6.71. The van der Waals surface area contributed by atoms with Crippen molar-refractivity contribution in [3.63, 3.8) is 0 Å². The van der Waals surface area contributed by atoms with Crippen molar-refractivity contribution in [1.29, 1.82) is 0 Å². The summed E-state index contributed by atoms with van der Waals surface area (Å²) in [5, 5.41) is -0.310. The van der Waals surface area contributed by atoms with E-state index in [4.69, 9.17) is 11.6 Å². The van der Waals surface area contributed by atoms with Crippen molar-refractivity contribution < 1.29 is 48.7 Å². The van der Waals surface area contributed by atoms with E-state index in [1.807, 2.05) is 0 Å². The van der Waals surface area contributed by atoms with Gasteiger partial charge in [0, 0.05) is 0 Å². The summed E-state index contributed by atoms with van der Waals surface area (Å²) in [7, 11) is 0. The quantitative estimate of drug-likeness (QED) is 0.524. The van der Waals surface area contributed by atoms with Crippen LogP contribution in [0.15, 0.2) is 40.0 Å². The predicted molar refractivity (Wildman–Crippen MR) is 83.0 cm³/mol. The van der Waals surface area contributed by atoms with Crippen LogP contribution in [0, 0.1) is 0 Å². The molecule has 0 bridgehead atoms. The van der Waals surface area contributed by atoms with Gasteiger partial charge in [-0.15, -0.1) is 0 Å². The van der Waals surface area contributed by atoms with Gasteiger partial charge in [-0.1, -0.05) is 35.5 Å². The number of carbonyl (C=O) groups excluding carboxylic acids is 1. The average Bonchev–Trinajstić information content (AvgIpc) is 2.93. The summed E-state index contributed by atoms with van der Waals surface area (Å²) < 4.78 is 131. The third-order valence-corrected chi connectivity index (χ3v) is 4.80. The van der Waals surface area contributed by atoms with Crippen LogP contribution >= 0.6 is 23.4 Å².